The van der Waals surface area contributed by atoms with Crippen LogP contribution in [0.2, 0.25) is 0 Å². The van der Waals surface area contributed by atoms with Gasteiger partial charge in [0.05, 0.1) is 5.75 Å². The van der Waals surface area contributed by atoms with Gasteiger partial charge in [0, 0.05) is 45.0 Å². The van der Waals surface area contributed by atoms with Crippen molar-refractivity contribution >= 4 is 39.8 Å². The lowest BCUT2D eigenvalue weighted by Crippen LogP contribution is -2.49. The molecule has 1 heterocycles. The number of aliphatic imine (C=N–C) groups is 1. The summed E-state index contributed by atoms with van der Waals surface area (Å²) in [4.78, 5) is 6.94. The molecule has 6 nitrogen and oxygen atoms in total. The van der Waals surface area contributed by atoms with Crippen molar-refractivity contribution in [2.75, 3.05) is 44.7 Å². The molecule has 0 spiro atoms. The third-order valence-electron chi connectivity index (χ3n) is 4.41. The van der Waals surface area contributed by atoms with Crippen LogP contribution < -0.4 is 10.6 Å². The second-order valence-electron chi connectivity index (χ2n) is 8.31. The molecule has 26 heavy (non-hydrogen) atoms. The van der Waals surface area contributed by atoms with Gasteiger partial charge >= 0.3 is 0 Å². The molecule has 0 aromatic carbocycles. The summed E-state index contributed by atoms with van der Waals surface area (Å²) in [7, 11) is -2.87. The van der Waals surface area contributed by atoms with Crippen LogP contribution in [0.1, 0.15) is 53.4 Å². The van der Waals surface area contributed by atoms with Crippen LogP contribution in [0.5, 0.6) is 0 Å². The molecular formula is C18H39IN4O2S. The number of piperidine rings is 1. The summed E-state index contributed by atoms with van der Waals surface area (Å²) >= 11 is 0. The molecule has 0 atom stereocenters. The van der Waals surface area contributed by atoms with E-state index < -0.39 is 9.84 Å². The van der Waals surface area contributed by atoms with Crippen molar-refractivity contribution in [3.63, 3.8) is 0 Å². The minimum Gasteiger partial charge on any atom is -0.357 e. The van der Waals surface area contributed by atoms with Crippen LogP contribution in [-0.4, -0.2) is 70.1 Å². The highest BCUT2D eigenvalue weighted by Gasteiger charge is 2.20. The Morgan fingerprint density at radius 3 is 2.35 bits per heavy atom. The number of nitrogens with one attached hydrogen (secondary N) is 2. The van der Waals surface area contributed by atoms with Gasteiger partial charge in [-0.1, -0.05) is 20.8 Å². The highest BCUT2D eigenvalue weighted by Crippen LogP contribution is 2.20. The van der Waals surface area contributed by atoms with Gasteiger partial charge in [0.1, 0.15) is 9.84 Å². The number of nitrogens with zero attached hydrogens (tertiary/aromatic N) is 2. The molecule has 156 valence electrons. The fraction of sp³-hybridized carbons (Fsp3) is 0.944. The maximum absolute atomic E-state index is 11.3. The van der Waals surface area contributed by atoms with E-state index in [4.69, 9.17) is 4.99 Å². The molecule has 0 aromatic rings. The fourth-order valence-corrected chi connectivity index (χ4v) is 3.50. The highest BCUT2D eigenvalue weighted by molar-refractivity contribution is 14.0. The van der Waals surface area contributed by atoms with Gasteiger partial charge < -0.3 is 15.5 Å². The summed E-state index contributed by atoms with van der Waals surface area (Å²) in [6.07, 6.45) is 5.63. The second-order valence-corrected chi connectivity index (χ2v) is 10.6. The monoisotopic (exact) mass is 502 g/mol. The van der Waals surface area contributed by atoms with Crippen molar-refractivity contribution in [1.82, 2.24) is 15.5 Å². The maximum atomic E-state index is 11.3. The number of rotatable bonds is 8. The smallest absolute Gasteiger partial charge is 0.191 e. The fourth-order valence-electron chi connectivity index (χ4n) is 2.91. The number of likely N-dealkylation sites (tertiary alicyclic amines) is 1. The van der Waals surface area contributed by atoms with Crippen LogP contribution >= 0.6 is 24.0 Å². The van der Waals surface area contributed by atoms with Crippen molar-refractivity contribution in [2.45, 2.75) is 59.4 Å². The van der Waals surface area contributed by atoms with E-state index in [0.717, 1.165) is 51.4 Å². The van der Waals surface area contributed by atoms with Gasteiger partial charge in [0.15, 0.2) is 5.96 Å². The Kier molecular flexibility index (Phi) is 12.3. The number of guanidine groups is 1. The van der Waals surface area contributed by atoms with Gasteiger partial charge in [-0.3, -0.25) is 4.99 Å². The molecule has 8 heteroatoms. The van der Waals surface area contributed by atoms with E-state index >= 15 is 0 Å². The van der Waals surface area contributed by atoms with Crippen molar-refractivity contribution in [3.8, 4) is 0 Å². The van der Waals surface area contributed by atoms with Crippen molar-refractivity contribution < 1.29 is 8.42 Å². The first-order chi connectivity index (χ1) is 11.6. The first kappa shape index (κ1) is 25.9. The van der Waals surface area contributed by atoms with Gasteiger partial charge in [-0.05, 0) is 38.0 Å². The Morgan fingerprint density at radius 1 is 1.23 bits per heavy atom. The molecule has 0 amide bonds. The summed E-state index contributed by atoms with van der Waals surface area (Å²) in [5, 5.41) is 6.87. The summed E-state index contributed by atoms with van der Waals surface area (Å²) in [6, 6.07) is 0.412. The van der Waals surface area contributed by atoms with E-state index in [0.29, 0.717) is 18.0 Å². The van der Waals surface area contributed by atoms with E-state index in [1.807, 2.05) is 0 Å². The van der Waals surface area contributed by atoms with Crippen molar-refractivity contribution in [2.24, 2.45) is 10.4 Å². The average Bonchev–Trinajstić information content (AvgIpc) is 2.49. The van der Waals surface area contributed by atoms with Crippen LogP contribution in [0.4, 0.5) is 0 Å². The lowest BCUT2D eigenvalue weighted by molar-refractivity contribution is 0.216. The number of hydrogen-bond acceptors (Lipinski definition) is 4. The van der Waals surface area contributed by atoms with Gasteiger partial charge in [0.2, 0.25) is 0 Å². The minimum absolute atomic E-state index is 0. The molecule has 1 saturated heterocycles. The van der Waals surface area contributed by atoms with Crippen LogP contribution in [0.25, 0.3) is 0 Å². The molecule has 0 saturated carbocycles. The predicted octanol–water partition coefficient (Wildman–Crippen LogP) is 2.49. The quantitative estimate of drug-likeness (QED) is 0.231. The molecule has 0 bridgehead atoms. The Hall–Kier alpha value is -0.0900. The highest BCUT2D eigenvalue weighted by atomic mass is 127. The van der Waals surface area contributed by atoms with E-state index in [9.17, 15) is 8.42 Å². The summed E-state index contributed by atoms with van der Waals surface area (Å²) < 4.78 is 22.6. The van der Waals surface area contributed by atoms with Gasteiger partial charge in [-0.25, -0.2) is 8.42 Å². The molecular weight excluding hydrogens is 463 g/mol. The van der Waals surface area contributed by atoms with E-state index in [1.165, 1.54) is 12.7 Å². The molecule has 1 rings (SSSR count). The summed E-state index contributed by atoms with van der Waals surface area (Å²) in [5.41, 5.74) is 0.361. The van der Waals surface area contributed by atoms with E-state index in [1.54, 1.807) is 0 Å². The third-order valence-corrected chi connectivity index (χ3v) is 5.33. The zero-order valence-electron chi connectivity index (χ0n) is 17.2. The molecule has 1 aliphatic heterocycles. The lowest BCUT2D eigenvalue weighted by Gasteiger charge is -2.32. The number of sulfone groups is 1. The zero-order valence-corrected chi connectivity index (χ0v) is 20.3. The topological polar surface area (TPSA) is 73.8 Å². The standard InChI is InChI=1S/C18H38N4O2S.HI/c1-6-19-17(20-11-7-10-18(2,3)4)21-16-8-12-22(13-9-16)14-15-25(5,23)24;/h16H,6-15H2,1-5H3,(H2,19,20,21);1H. The normalized spacial score (nSPS) is 17.7. The molecule has 1 fully saturated rings. The largest absolute Gasteiger partial charge is 0.357 e. The van der Waals surface area contributed by atoms with Crippen LogP contribution in [0, 0.1) is 5.41 Å². The molecule has 0 unspecified atom stereocenters. The van der Waals surface area contributed by atoms with Crippen LogP contribution in [-0.2, 0) is 9.84 Å². The predicted molar refractivity (Wildman–Crippen MR) is 122 cm³/mol. The Bertz CT molecular complexity index is 510. The van der Waals surface area contributed by atoms with Gasteiger partial charge in [-0.2, -0.15) is 0 Å². The molecule has 0 aromatic heterocycles. The first-order valence-corrected chi connectivity index (χ1v) is 11.6. The minimum atomic E-state index is -2.87. The molecule has 0 aliphatic carbocycles. The number of hydrogen-bond donors (Lipinski definition) is 2. The van der Waals surface area contributed by atoms with Gasteiger partial charge in [0.25, 0.3) is 0 Å². The lowest BCUT2D eigenvalue weighted by atomic mass is 9.91. The van der Waals surface area contributed by atoms with Crippen LogP contribution in [0.3, 0.4) is 0 Å². The second kappa shape index (κ2) is 12.4. The Labute approximate surface area is 177 Å². The molecule has 0 radical (unpaired) electrons. The summed E-state index contributed by atoms with van der Waals surface area (Å²) in [6.45, 7) is 13.1. The first-order valence-electron chi connectivity index (χ1n) is 9.54. The van der Waals surface area contributed by atoms with Crippen molar-refractivity contribution in [3.05, 3.63) is 0 Å². The van der Waals surface area contributed by atoms with E-state index in [2.05, 4.69) is 43.2 Å². The SMILES string of the molecule is CCNC(=NCCCC(C)(C)C)NC1CCN(CCS(C)(=O)=O)CC1.I. The zero-order chi connectivity index (χ0) is 18.9. The van der Waals surface area contributed by atoms with Gasteiger partial charge in [-0.15, -0.1) is 24.0 Å². The van der Waals surface area contributed by atoms with E-state index in [-0.39, 0.29) is 29.7 Å². The summed E-state index contributed by atoms with van der Waals surface area (Å²) in [5.74, 6) is 1.16. The Balaban J connectivity index is 0.00000625. The molecule has 1 aliphatic rings. The average molecular weight is 503 g/mol. The Morgan fingerprint density at radius 2 is 1.85 bits per heavy atom. The maximum Gasteiger partial charge on any atom is 0.191 e. The van der Waals surface area contributed by atoms with Crippen LogP contribution in [0.15, 0.2) is 4.99 Å². The third kappa shape index (κ3) is 13.1. The van der Waals surface area contributed by atoms with Crippen molar-refractivity contribution in [1.29, 1.82) is 0 Å². The number of halogens is 1. The molecule has 2 N–H and O–H groups in total.